The van der Waals surface area contributed by atoms with E-state index < -0.39 is 50.4 Å². The minimum atomic E-state index is -4.61. The van der Waals surface area contributed by atoms with Gasteiger partial charge in [-0.3, -0.25) is 24.0 Å². The molecular weight excluding hydrogens is 463 g/mol. The molecule has 0 saturated carbocycles. The summed E-state index contributed by atoms with van der Waals surface area (Å²) in [5.74, 6) is -1.97. The number of allylic oxidation sites excluding steroid dienone is 1. The molecule has 0 aliphatic carbocycles. The van der Waals surface area contributed by atoms with Crippen LogP contribution in [0, 0.1) is 0 Å². The maximum atomic E-state index is 12.9. The van der Waals surface area contributed by atoms with Gasteiger partial charge in [0.1, 0.15) is 6.04 Å². The van der Waals surface area contributed by atoms with E-state index in [1.807, 2.05) is 0 Å². The van der Waals surface area contributed by atoms with Crippen molar-refractivity contribution >= 4 is 33.4 Å². The number of rotatable bonds is 4. The molecule has 172 valence electrons. The summed E-state index contributed by atoms with van der Waals surface area (Å²) in [6.07, 6.45) is -4.01. The lowest BCUT2D eigenvalue weighted by atomic mass is 10.0. The van der Waals surface area contributed by atoms with Crippen LogP contribution in [0.4, 0.5) is 18.9 Å². The second-order valence-electron chi connectivity index (χ2n) is 7.52. The highest BCUT2D eigenvalue weighted by Gasteiger charge is 2.44. The molecule has 4 rings (SSSR count). The largest absolute Gasteiger partial charge is 0.416 e. The number of hydrogen-bond donors (Lipinski definition) is 2. The first-order valence-electron chi connectivity index (χ1n) is 9.59. The Hall–Kier alpha value is -3.67. The van der Waals surface area contributed by atoms with Crippen LogP contribution in [0.3, 0.4) is 0 Å². The van der Waals surface area contributed by atoms with Crippen molar-refractivity contribution in [1.29, 1.82) is 0 Å². The van der Waals surface area contributed by atoms with E-state index in [2.05, 4.69) is 16.6 Å². The van der Waals surface area contributed by atoms with E-state index in [1.54, 1.807) is 0 Å². The first-order valence-corrected chi connectivity index (χ1v) is 11.1. The fourth-order valence-corrected chi connectivity index (χ4v) is 4.70. The summed E-state index contributed by atoms with van der Waals surface area (Å²) in [6, 6.07) is 5.53. The Balaban J connectivity index is 1.58. The van der Waals surface area contributed by atoms with Crippen LogP contribution in [0.1, 0.15) is 39.1 Å². The number of carbonyl (C=O) groups is 3. The van der Waals surface area contributed by atoms with Crippen LogP contribution in [0.15, 0.2) is 59.6 Å². The van der Waals surface area contributed by atoms with Crippen molar-refractivity contribution in [1.82, 2.24) is 10.2 Å². The fourth-order valence-electron chi connectivity index (χ4n) is 3.65. The van der Waals surface area contributed by atoms with Gasteiger partial charge in [-0.05, 0) is 55.3 Å². The molecule has 1 unspecified atom stereocenters. The fraction of sp³-hybridized carbons (Fsp3) is 0.190. The number of benzene rings is 2. The Kier molecular flexibility index (Phi) is 5.27. The minimum absolute atomic E-state index is 0.00896. The van der Waals surface area contributed by atoms with Gasteiger partial charge in [0.25, 0.3) is 21.8 Å². The number of sulfonamides is 1. The molecule has 2 aliphatic heterocycles. The third-order valence-electron chi connectivity index (χ3n) is 5.30. The Bertz CT molecular complexity index is 1300. The average Bonchev–Trinajstić information content (AvgIpc) is 2.97. The molecule has 2 aliphatic rings. The number of nitrogens with zero attached hydrogens (tertiary/aromatic N) is 1. The molecular formula is C21H16F3N3O5S. The number of amides is 3. The van der Waals surface area contributed by atoms with Gasteiger partial charge in [0, 0.05) is 11.4 Å². The van der Waals surface area contributed by atoms with Crippen LogP contribution >= 0.6 is 0 Å². The lowest BCUT2D eigenvalue weighted by Gasteiger charge is -2.29. The van der Waals surface area contributed by atoms with Gasteiger partial charge in [-0.1, -0.05) is 6.58 Å². The van der Waals surface area contributed by atoms with E-state index >= 15 is 0 Å². The van der Waals surface area contributed by atoms with Crippen molar-refractivity contribution < 1.29 is 36.0 Å². The number of piperidine rings is 1. The van der Waals surface area contributed by atoms with Crippen molar-refractivity contribution in [3.63, 3.8) is 0 Å². The van der Waals surface area contributed by atoms with Crippen LogP contribution in [0.5, 0.6) is 0 Å². The average molecular weight is 479 g/mol. The van der Waals surface area contributed by atoms with Crippen LogP contribution < -0.4 is 10.0 Å². The van der Waals surface area contributed by atoms with Crippen molar-refractivity contribution in [2.45, 2.75) is 30.0 Å². The summed E-state index contributed by atoms with van der Waals surface area (Å²) in [5.41, 5.74) is -0.677. The van der Waals surface area contributed by atoms with Crippen molar-refractivity contribution in [3.8, 4) is 0 Å². The minimum Gasteiger partial charge on any atom is -0.329 e. The first-order chi connectivity index (χ1) is 15.4. The van der Waals surface area contributed by atoms with Gasteiger partial charge in [-0.25, -0.2) is 8.42 Å². The van der Waals surface area contributed by atoms with Gasteiger partial charge in [0.05, 0.1) is 21.6 Å². The van der Waals surface area contributed by atoms with Crippen LogP contribution in [0.2, 0.25) is 0 Å². The van der Waals surface area contributed by atoms with E-state index in [-0.39, 0.29) is 23.2 Å². The molecule has 1 fully saturated rings. The number of fused-ring (bicyclic) bond motifs is 1. The zero-order valence-corrected chi connectivity index (χ0v) is 17.6. The van der Waals surface area contributed by atoms with E-state index in [9.17, 15) is 36.0 Å². The number of anilines is 1. The van der Waals surface area contributed by atoms with Gasteiger partial charge in [-0.15, -0.1) is 0 Å². The molecule has 33 heavy (non-hydrogen) atoms. The molecule has 12 heteroatoms. The summed E-state index contributed by atoms with van der Waals surface area (Å²) in [5, 5.41) is 2.51. The predicted molar refractivity (Wildman–Crippen MR) is 109 cm³/mol. The SMILES string of the molecule is C=C1CCC(N2C(=O)c3ccc(NS(=O)(=O)c4ccc(C(F)(F)F)cc4)cc3C2=O)C(=O)N1. The Morgan fingerprint density at radius 3 is 2.24 bits per heavy atom. The Morgan fingerprint density at radius 2 is 1.64 bits per heavy atom. The monoisotopic (exact) mass is 479 g/mol. The first kappa shape index (κ1) is 22.5. The van der Waals surface area contributed by atoms with Crippen LogP contribution in [0.25, 0.3) is 0 Å². The standard InChI is InChI=1S/C21H16F3N3O5S/c1-11-2-9-17(18(28)25-11)27-19(29)15-8-5-13(10-16(15)20(27)30)26-33(31,32)14-6-3-12(4-7-14)21(22,23)24/h3-8,10,17,26H,1-2,9H2,(H,25,28). The molecule has 0 bridgehead atoms. The molecule has 0 radical (unpaired) electrons. The van der Waals surface area contributed by atoms with E-state index in [4.69, 9.17) is 0 Å². The molecule has 2 N–H and O–H groups in total. The highest BCUT2D eigenvalue weighted by atomic mass is 32.2. The number of hydrogen-bond acceptors (Lipinski definition) is 5. The second kappa shape index (κ2) is 7.73. The molecule has 2 heterocycles. The summed E-state index contributed by atoms with van der Waals surface area (Å²) in [4.78, 5) is 38.3. The molecule has 2 aromatic carbocycles. The number of carbonyl (C=O) groups excluding carboxylic acids is 3. The maximum absolute atomic E-state index is 12.9. The molecule has 8 nitrogen and oxygen atoms in total. The quantitative estimate of drug-likeness (QED) is 0.655. The van der Waals surface area contributed by atoms with Crippen LogP contribution in [-0.4, -0.2) is 37.1 Å². The van der Waals surface area contributed by atoms with Gasteiger partial charge < -0.3 is 5.32 Å². The molecule has 0 spiro atoms. The van der Waals surface area contributed by atoms with E-state index in [0.29, 0.717) is 24.3 Å². The van der Waals surface area contributed by atoms with E-state index in [0.717, 1.165) is 23.1 Å². The lowest BCUT2D eigenvalue weighted by Crippen LogP contribution is -2.51. The van der Waals surface area contributed by atoms with Crippen LogP contribution in [-0.2, 0) is 21.0 Å². The Labute approximate surface area is 186 Å². The molecule has 1 saturated heterocycles. The number of halogens is 3. The normalized spacial score (nSPS) is 18.9. The zero-order chi connectivity index (χ0) is 24.1. The van der Waals surface area contributed by atoms with Crippen molar-refractivity contribution in [3.05, 3.63) is 71.4 Å². The summed E-state index contributed by atoms with van der Waals surface area (Å²) in [7, 11) is -4.27. The van der Waals surface area contributed by atoms with Crippen molar-refractivity contribution in [2.24, 2.45) is 0 Å². The molecule has 0 aromatic heterocycles. The summed E-state index contributed by atoms with van der Waals surface area (Å²) >= 11 is 0. The van der Waals surface area contributed by atoms with Gasteiger partial charge in [0.2, 0.25) is 5.91 Å². The summed E-state index contributed by atoms with van der Waals surface area (Å²) < 4.78 is 65.5. The highest BCUT2D eigenvalue weighted by molar-refractivity contribution is 7.92. The molecule has 1 atom stereocenters. The van der Waals surface area contributed by atoms with Crippen molar-refractivity contribution in [2.75, 3.05) is 4.72 Å². The lowest BCUT2D eigenvalue weighted by molar-refractivity contribution is -0.137. The zero-order valence-electron chi connectivity index (χ0n) is 16.8. The van der Waals surface area contributed by atoms with E-state index in [1.165, 1.54) is 12.1 Å². The molecule has 2 aromatic rings. The molecule has 3 amide bonds. The topological polar surface area (TPSA) is 113 Å². The maximum Gasteiger partial charge on any atom is 0.416 e. The highest BCUT2D eigenvalue weighted by Crippen LogP contribution is 2.32. The predicted octanol–water partition coefficient (Wildman–Crippen LogP) is 2.89. The van der Waals surface area contributed by atoms with Gasteiger partial charge >= 0.3 is 6.18 Å². The summed E-state index contributed by atoms with van der Waals surface area (Å²) in [6.45, 7) is 3.65. The van der Waals surface area contributed by atoms with Gasteiger partial charge in [-0.2, -0.15) is 13.2 Å². The Morgan fingerprint density at radius 1 is 1.00 bits per heavy atom. The third-order valence-corrected chi connectivity index (χ3v) is 6.69. The number of imide groups is 1. The number of nitrogens with one attached hydrogen (secondary N) is 2. The number of alkyl halides is 3. The second-order valence-corrected chi connectivity index (χ2v) is 9.20. The van der Waals surface area contributed by atoms with Gasteiger partial charge in [0.15, 0.2) is 0 Å². The smallest absolute Gasteiger partial charge is 0.329 e. The third kappa shape index (κ3) is 4.09.